The Hall–Kier alpha value is -1.32. The van der Waals surface area contributed by atoms with Crippen LogP contribution in [0.5, 0.6) is 0 Å². The van der Waals surface area contributed by atoms with Crippen molar-refractivity contribution in [3.63, 3.8) is 0 Å². The van der Waals surface area contributed by atoms with E-state index in [0.717, 1.165) is 37.8 Å². The van der Waals surface area contributed by atoms with Gasteiger partial charge < -0.3 is 0 Å². The van der Waals surface area contributed by atoms with E-state index in [-0.39, 0.29) is 17.5 Å². The first kappa shape index (κ1) is 13.4. The van der Waals surface area contributed by atoms with Crippen molar-refractivity contribution < 1.29 is 4.79 Å². The van der Waals surface area contributed by atoms with Crippen molar-refractivity contribution in [2.45, 2.75) is 43.8 Å². The molecule has 3 nitrogen and oxygen atoms in total. The molecule has 2 unspecified atom stereocenters. The number of nitrogens with one attached hydrogen (secondary N) is 1. The van der Waals surface area contributed by atoms with Crippen molar-refractivity contribution >= 4 is 23.2 Å². The first-order valence-corrected chi connectivity index (χ1v) is 8.10. The normalized spacial score (nSPS) is 30.4. The summed E-state index contributed by atoms with van der Waals surface area (Å²) in [6, 6.07) is 8.06. The van der Waals surface area contributed by atoms with Crippen LogP contribution in [0.2, 0.25) is 5.02 Å². The van der Waals surface area contributed by atoms with Gasteiger partial charge in [0.1, 0.15) is 5.66 Å². The van der Waals surface area contributed by atoms with Crippen LogP contribution < -0.4 is 10.2 Å². The number of fused-ring (bicyclic) bond motifs is 2. The van der Waals surface area contributed by atoms with E-state index in [1.807, 2.05) is 29.2 Å². The van der Waals surface area contributed by atoms with Crippen LogP contribution in [-0.4, -0.2) is 17.6 Å². The van der Waals surface area contributed by atoms with Gasteiger partial charge in [0.25, 0.3) is 0 Å². The molecule has 2 heterocycles. The zero-order valence-electron chi connectivity index (χ0n) is 11.9. The molecule has 1 saturated heterocycles. The number of benzene rings is 1. The summed E-state index contributed by atoms with van der Waals surface area (Å²) in [5.74, 6) is 0.475. The quantitative estimate of drug-likeness (QED) is 0.867. The number of carbonyl (C=O) groups excluding carboxylic acids is 1. The third-order valence-electron chi connectivity index (χ3n) is 4.81. The Balaban J connectivity index is 1.74. The molecule has 2 aliphatic heterocycles. The first-order chi connectivity index (χ1) is 10.2. The first-order valence-electron chi connectivity index (χ1n) is 7.72. The lowest BCUT2D eigenvalue weighted by atomic mass is 9.99. The van der Waals surface area contributed by atoms with Crippen molar-refractivity contribution in [3.05, 3.63) is 41.4 Å². The Kier molecular flexibility index (Phi) is 3.09. The molecular formula is C17H19ClN2O. The molecular weight excluding hydrogens is 284 g/mol. The van der Waals surface area contributed by atoms with Crippen LogP contribution in [0.1, 0.15) is 32.1 Å². The second-order valence-corrected chi connectivity index (χ2v) is 6.81. The van der Waals surface area contributed by atoms with E-state index < -0.39 is 0 Å². The predicted octanol–water partition coefficient (Wildman–Crippen LogP) is 3.49. The summed E-state index contributed by atoms with van der Waals surface area (Å²) in [7, 11) is 0. The summed E-state index contributed by atoms with van der Waals surface area (Å²) >= 11 is 6.00. The molecule has 21 heavy (non-hydrogen) atoms. The van der Waals surface area contributed by atoms with Crippen LogP contribution in [0.4, 0.5) is 5.69 Å². The summed E-state index contributed by atoms with van der Waals surface area (Å²) in [5.41, 5.74) is 0.715. The molecule has 4 heteroatoms. The number of rotatable bonds is 3. The second kappa shape index (κ2) is 4.85. The highest BCUT2D eigenvalue weighted by atomic mass is 35.5. The minimum atomic E-state index is -0.243. The summed E-state index contributed by atoms with van der Waals surface area (Å²) in [6.07, 6.45) is 9.48. The fourth-order valence-corrected chi connectivity index (χ4v) is 3.70. The SMILES string of the molecule is O=C(C1CC1)N(c1ccc(Cl)cc1)C12CC=CC(CC1)N2. The van der Waals surface area contributed by atoms with Crippen LogP contribution in [-0.2, 0) is 4.79 Å². The molecule has 4 rings (SSSR count). The Labute approximate surface area is 130 Å². The fourth-order valence-electron chi connectivity index (χ4n) is 3.57. The topological polar surface area (TPSA) is 32.3 Å². The summed E-state index contributed by atoms with van der Waals surface area (Å²) in [6.45, 7) is 0. The van der Waals surface area contributed by atoms with Gasteiger partial charge in [0.05, 0.1) is 0 Å². The summed E-state index contributed by atoms with van der Waals surface area (Å²) in [4.78, 5) is 14.9. The summed E-state index contributed by atoms with van der Waals surface area (Å²) in [5, 5.41) is 4.37. The van der Waals surface area contributed by atoms with Gasteiger partial charge in [-0.2, -0.15) is 0 Å². The van der Waals surface area contributed by atoms with E-state index in [0.29, 0.717) is 11.1 Å². The van der Waals surface area contributed by atoms with Gasteiger partial charge in [-0.1, -0.05) is 23.8 Å². The predicted molar refractivity (Wildman–Crippen MR) is 84.3 cm³/mol. The number of carbonyl (C=O) groups is 1. The van der Waals surface area contributed by atoms with Crippen LogP contribution in [0.15, 0.2) is 36.4 Å². The standard InChI is InChI=1S/C17H19ClN2O/c18-13-5-7-15(8-6-13)20(16(21)12-3-4-12)17-10-1-2-14(19-17)9-11-17/h1-2,5-8,12,14,19H,3-4,9-11H2. The number of hydrogen-bond acceptors (Lipinski definition) is 2. The number of hydrogen-bond donors (Lipinski definition) is 1. The zero-order chi connectivity index (χ0) is 14.4. The lowest BCUT2D eigenvalue weighted by Gasteiger charge is -2.43. The average molecular weight is 303 g/mol. The molecule has 2 fully saturated rings. The van der Waals surface area contributed by atoms with Gasteiger partial charge in [0, 0.05) is 29.1 Å². The summed E-state index contributed by atoms with van der Waals surface area (Å²) < 4.78 is 0. The van der Waals surface area contributed by atoms with E-state index >= 15 is 0 Å². The largest absolute Gasteiger partial charge is 0.293 e. The average Bonchev–Trinajstić information content (AvgIpc) is 3.29. The highest BCUT2D eigenvalue weighted by molar-refractivity contribution is 6.30. The van der Waals surface area contributed by atoms with Gasteiger partial charge >= 0.3 is 0 Å². The van der Waals surface area contributed by atoms with Crippen LogP contribution in [0, 0.1) is 5.92 Å². The minimum absolute atomic E-state index is 0.210. The third kappa shape index (κ3) is 2.29. The van der Waals surface area contributed by atoms with E-state index in [1.165, 1.54) is 0 Å². The Bertz CT molecular complexity index is 593. The second-order valence-electron chi connectivity index (χ2n) is 6.38. The number of anilines is 1. The highest BCUT2D eigenvalue weighted by Gasteiger charge is 2.49. The molecule has 2 bridgehead atoms. The Morgan fingerprint density at radius 3 is 2.71 bits per heavy atom. The van der Waals surface area contributed by atoms with Gasteiger partial charge in [-0.3, -0.25) is 15.0 Å². The van der Waals surface area contributed by atoms with E-state index in [2.05, 4.69) is 17.5 Å². The van der Waals surface area contributed by atoms with Gasteiger partial charge in [-0.15, -0.1) is 0 Å². The third-order valence-corrected chi connectivity index (χ3v) is 5.06. The van der Waals surface area contributed by atoms with Crippen molar-refractivity contribution in [2.75, 3.05) is 4.90 Å². The maximum absolute atomic E-state index is 12.9. The lowest BCUT2D eigenvalue weighted by molar-refractivity contribution is -0.121. The van der Waals surface area contributed by atoms with E-state index in [9.17, 15) is 4.79 Å². The zero-order valence-corrected chi connectivity index (χ0v) is 12.6. The smallest absolute Gasteiger partial charge is 0.231 e. The van der Waals surface area contributed by atoms with Crippen molar-refractivity contribution in [1.29, 1.82) is 0 Å². The highest BCUT2D eigenvalue weighted by Crippen LogP contribution is 2.42. The molecule has 1 N–H and O–H groups in total. The molecule has 1 aliphatic carbocycles. The van der Waals surface area contributed by atoms with Crippen LogP contribution in [0.25, 0.3) is 0 Å². The molecule has 110 valence electrons. The van der Waals surface area contributed by atoms with Crippen molar-refractivity contribution in [3.8, 4) is 0 Å². The molecule has 1 saturated carbocycles. The molecule has 1 aromatic rings. The lowest BCUT2D eigenvalue weighted by Crippen LogP contribution is -2.60. The molecule has 0 spiro atoms. The monoisotopic (exact) mass is 302 g/mol. The maximum atomic E-state index is 12.9. The minimum Gasteiger partial charge on any atom is -0.293 e. The van der Waals surface area contributed by atoms with Gasteiger partial charge in [-0.05, 0) is 49.9 Å². The van der Waals surface area contributed by atoms with E-state index in [4.69, 9.17) is 11.6 Å². The van der Waals surface area contributed by atoms with Gasteiger partial charge in [0.2, 0.25) is 5.91 Å². The molecule has 2 atom stereocenters. The Morgan fingerprint density at radius 2 is 2.00 bits per heavy atom. The van der Waals surface area contributed by atoms with E-state index in [1.54, 1.807) is 0 Å². The molecule has 3 aliphatic rings. The van der Waals surface area contributed by atoms with Crippen LogP contribution >= 0.6 is 11.6 Å². The number of halogens is 1. The maximum Gasteiger partial charge on any atom is 0.231 e. The Morgan fingerprint density at radius 1 is 1.24 bits per heavy atom. The van der Waals surface area contributed by atoms with Crippen molar-refractivity contribution in [2.24, 2.45) is 5.92 Å². The van der Waals surface area contributed by atoms with Gasteiger partial charge in [-0.25, -0.2) is 0 Å². The van der Waals surface area contributed by atoms with Crippen molar-refractivity contribution in [1.82, 2.24) is 5.32 Å². The molecule has 1 aromatic carbocycles. The molecule has 0 aromatic heterocycles. The number of amides is 1. The number of nitrogens with zero attached hydrogens (tertiary/aromatic N) is 1. The molecule has 1 amide bonds. The molecule has 0 radical (unpaired) electrons. The van der Waals surface area contributed by atoms with Crippen LogP contribution in [0.3, 0.4) is 0 Å². The fraction of sp³-hybridized carbons (Fsp3) is 0.471. The van der Waals surface area contributed by atoms with Gasteiger partial charge in [0.15, 0.2) is 0 Å².